The van der Waals surface area contributed by atoms with Crippen LogP contribution < -0.4 is 0 Å². The summed E-state index contributed by atoms with van der Waals surface area (Å²) >= 11 is 0. The molecule has 0 radical (unpaired) electrons. The lowest BCUT2D eigenvalue weighted by molar-refractivity contribution is -0.282. The number of alkyl halides is 3. The number of carbonyl (C=O) groups is 2. The van der Waals surface area contributed by atoms with Crippen LogP contribution in [-0.2, 0) is 29.4 Å². The van der Waals surface area contributed by atoms with Gasteiger partial charge in [-0.3, -0.25) is 4.79 Å². The maximum atomic E-state index is 14.4. The van der Waals surface area contributed by atoms with Crippen molar-refractivity contribution in [3.63, 3.8) is 0 Å². The van der Waals surface area contributed by atoms with Gasteiger partial charge in [0, 0.05) is 24.5 Å². The lowest BCUT2D eigenvalue weighted by Gasteiger charge is -2.53. The Morgan fingerprint density at radius 1 is 1.12 bits per heavy atom. The van der Waals surface area contributed by atoms with Gasteiger partial charge in [-0.15, -0.1) is 0 Å². The van der Waals surface area contributed by atoms with E-state index in [-0.39, 0.29) is 23.3 Å². The molecule has 0 amide bonds. The minimum Gasteiger partial charge on any atom is -0.454 e. The molecule has 0 unspecified atom stereocenters. The van der Waals surface area contributed by atoms with Crippen molar-refractivity contribution >= 4 is 11.9 Å². The van der Waals surface area contributed by atoms with E-state index in [1.54, 1.807) is 19.9 Å². The number of rotatable bonds is 4. The van der Waals surface area contributed by atoms with Gasteiger partial charge >= 0.3 is 18.1 Å². The lowest BCUT2D eigenvalue weighted by Crippen LogP contribution is -2.62. The summed E-state index contributed by atoms with van der Waals surface area (Å²) in [7, 11) is 0.843. The Morgan fingerprint density at radius 3 is 2.39 bits per heavy atom. The minimum absolute atomic E-state index is 0.147. The van der Waals surface area contributed by atoms with Crippen LogP contribution in [0.3, 0.4) is 0 Å². The fraction of sp³-hybridized carbons (Fsp3) is 0.600. The van der Waals surface area contributed by atoms with Crippen molar-refractivity contribution in [1.29, 1.82) is 0 Å². The molecule has 0 N–H and O–H groups in total. The molecule has 180 valence electrons. The molecule has 7 atom stereocenters. The summed E-state index contributed by atoms with van der Waals surface area (Å²) in [4.78, 5) is 26.1. The monoisotopic (exact) mass is 466 g/mol. The largest absolute Gasteiger partial charge is 0.454 e. The van der Waals surface area contributed by atoms with Crippen molar-refractivity contribution in [3.8, 4) is 0 Å². The Kier molecular flexibility index (Phi) is 5.88. The van der Waals surface area contributed by atoms with Crippen LogP contribution in [0.4, 0.5) is 13.2 Å². The highest BCUT2D eigenvalue weighted by molar-refractivity contribution is 5.83. The number of benzene rings is 1. The summed E-state index contributed by atoms with van der Waals surface area (Å²) in [6, 6.07) is 6.73. The van der Waals surface area contributed by atoms with Crippen LogP contribution in [0.15, 0.2) is 42.0 Å². The van der Waals surface area contributed by atoms with Crippen molar-refractivity contribution < 1.29 is 37.0 Å². The van der Waals surface area contributed by atoms with E-state index in [1.807, 2.05) is 13.0 Å². The van der Waals surface area contributed by atoms with Crippen LogP contribution in [-0.4, -0.2) is 36.9 Å². The summed E-state index contributed by atoms with van der Waals surface area (Å²) in [5.74, 6) is -2.61. The summed E-state index contributed by atoms with van der Waals surface area (Å²) in [5.41, 5.74) is -4.27. The number of halogens is 3. The molecule has 0 aromatic heterocycles. The fourth-order valence-electron chi connectivity index (χ4n) is 6.21. The third-order valence-corrected chi connectivity index (χ3v) is 7.95. The van der Waals surface area contributed by atoms with Crippen molar-refractivity contribution in [2.45, 2.75) is 63.5 Å². The van der Waals surface area contributed by atoms with E-state index in [2.05, 4.69) is 0 Å². The third kappa shape index (κ3) is 3.32. The molecule has 1 spiro atoms. The first-order chi connectivity index (χ1) is 15.5. The second-order valence-corrected chi connectivity index (χ2v) is 9.55. The molecule has 1 aromatic rings. The number of hydrogen-bond acceptors (Lipinski definition) is 5. The van der Waals surface area contributed by atoms with E-state index in [0.29, 0.717) is 18.4 Å². The van der Waals surface area contributed by atoms with Gasteiger partial charge in [0.15, 0.2) is 11.7 Å². The number of esters is 2. The number of methoxy groups -OCH3 is 1. The summed E-state index contributed by atoms with van der Waals surface area (Å²) in [6.45, 7) is 5.53. The highest BCUT2D eigenvalue weighted by Crippen LogP contribution is 2.58. The first kappa shape index (κ1) is 23.8. The van der Waals surface area contributed by atoms with Gasteiger partial charge in [0.2, 0.25) is 0 Å². The predicted molar refractivity (Wildman–Crippen MR) is 113 cm³/mol. The highest BCUT2D eigenvalue weighted by atomic mass is 19.4. The average molecular weight is 466 g/mol. The molecule has 1 aliphatic heterocycles. The summed E-state index contributed by atoms with van der Waals surface area (Å²) < 4.78 is 59.9. The molecule has 5 nitrogen and oxygen atoms in total. The summed E-state index contributed by atoms with van der Waals surface area (Å²) in [6.07, 6.45) is -2.15. The molecular weight excluding hydrogens is 437 g/mol. The Morgan fingerprint density at radius 2 is 1.79 bits per heavy atom. The first-order valence-corrected chi connectivity index (χ1v) is 11.3. The molecule has 33 heavy (non-hydrogen) atoms. The number of allylic oxidation sites excluding steroid dienone is 1. The minimum atomic E-state index is -5.08. The maximum absolute atomic E-state index is 14.4. The maximum Gasteiger partial charge on any atom is 0.432 e. The number of hydrogen-bond donors (Lipinski definition) is 0. The van der Waals surface area contributed by atoms with E-state index in [1.165, 1.54) is 24.3 Å². The topological polar surface area (TPSA) is 61.8 Å². The Bertz CT molecular complexity index is 959. The second-order valence-electron chi connectivity index (χ2n) is 9.55. The Balaban J connectivity index is 1.80. The van der Waals surface area contributed by atoms with Crippen LogP contribution >= 0.6 is 0 Å². The highest BCUT2D eigenvalue weighted by Gasteiger charge is 2.69. The van der Waals surface area contributed by atoms with E-state index in [0.717, 1.165) is 13.5 Å². The van der Waals surface area contributed by atoms with Gasteiger partial charge in [-0.2, -0.15) is 13.2 Å². The molecule has 1 heterocycles. The first-order valence-electron chi connectivity index (χ1n) is 11.3. The van der Waals surface area contributed by atoms with E-state index >= 15 is 0 Å². The van der Waals surface area contributed by atoms with E-state index in [9.17, 15) is 22.8 Å². The van der Waals surface area contributed by atoms with Gasteiger partial charge in [-0.25, -0.2) is 4.79 Å². The van der Waals surface area contributed by atoms with Crippen molar-refractivity contribution in [1.82, 2.24) is 0 Å². The molecule has 2 aliphatic carbocycles. The number of ether oxygens (including phenoxy) is 3. The number of carbonyl (C=O) groups excluding carboxylic acids is 2. The van der Waals surface area contributed by atoms with Crippen LogP contribution in [0, 0.1) is 23.7 Å². The molecule has 1 saturated heterocycles. The normalized spacial score (nSPS) is 35.5. The molecule has 2 fully saturated rings. The van der Waals surface area contributed by atoms with Crippen LogP contribution in [0.5, 0.6) is 0 Å². The molecule has 3 aliphatic rings. The third-order valence-electron chi connectivity index (χ3n) is 7.95. The van der Waals surface area contributed by atoms with Crippen LogP contribution in [0.1, 0.15) is 45.6 Å². The Hall–Kier alpha value is -2.35. The van der Waals surface area contributed by atoms with Gasteiger partial charge in [-0.05, 0) is 37.7 Å². The van der Waals surface area contributed by atoms with Crippen LogP contribution in [0.2, 0.25) is 0 Å². The lowest BCUT2D eigenvalue weighted by atomic mass is 9.56. The van der Waals surface area contributed by atoms with Gasteiger partial charge in [0.05, 0.1) is 5.92 Å². The van der Waals surface area contributed by atoms with E-state index in [4.69, 9.17) is 14.2 Å². The average Bonchev–Trinajstić information content (AvgIpc) is 3.01. The Labute approximate surface area is 191 Å². The zero-order valence-corrected chi connectivity index (χ0v) is 19.1. The summed E-state index contributed by atoms with van der Waals surface area (Å²) in [5, 5.41) is 0. The van der Waals surface area contributed by atoms with Gasteiger partial charge in [0.25, 0.3) is 5.60 Å². The van der Waals surface area contributed by atoms with Crippen molar-refractivity contribution in [2.24, 2.45) is 23.7 Å². The van der Waals surface area contributed by atoms with Crippen molar-refractivity contribution in [3.05, 3.63) is 47.5 Å². The molecule has 8 heteroatoms. The standard InChI is InChI=1S/C25H29F3O5/c1-14-10-13-19-16(3)21(29)33-23(19)18(14)12-11-15(2)20(23)32-22(30)24(31-4,25(26,27)28)17-8-6-5-7-9-17/h5-9,11,14,16,18-20H,10,12-13H2,1-4H3/t14-,16-,18+,19+,20-,23+,24-/m1/s1. The zero-order valence-electron chi connectivity index (χ0n) is 19.1. The molecule has 1 aromatic carbocycles. The molecular formula is C25H29F3O5. The quantitative estimate of drug-likeness (QED) is 0.464. The zero-order chi connectivity index (χ0) is 24.2. The predicted octanol–water partition coefficient (Wildman–Crippen LogP) is 4.95. The van der Waals surface area contributed by atoms with Crippen molar-refractivity contribution in [2.75, 3.05) is 7.11 Å². The van der Waals surface area contributed by atoms with Gasteiger partial charge < -0.3 is 14.2 Å². The van der Waals surface area contributed by atoms with Gasteiger partial charge in [0.1, 0.15) is 0 Å². The molecule has 4 rings (SSSR count). The van der Waals surface area contributed by atoms with Gasteiger partial charge in [-0.1, -0.05) is 50.3 Å². The van der Waals surface area contributed by atoms with Crippen LogP contribution in [0.25, 0.3) is 0 Å². The molecule has 1 saturated carbocycles. The fourth-order valence-corrected chi connectivity index (χ4v) is 6.21. The smallest absolute Gasteiger partial charge is 0.432 e. The molecule has 0 bridgehead atoms. The second kappa shape index (κ2) is 8.15. The SMILES string of the molecule is CO[C@@](C(=O)O[C@@H]1C(C)=CC[C@H]2[C@H](C)CC[C@H]3[C@@H](C)C(=O)O[C@@]123)(c1ccccc1)C(F)(F)F. The van der Waals surface area contributed by atoms with E-state index < -0.39 is 41.3 Å².